The number of rotatable bonds is 9. The molecule has 0 fully saturated rings. The van der Waals surface area contributed by atoms with Gasteiger partial charge in [0.2, 0.25) is 68.1 Å². The first kappa shape index (κ1) is 105. The minimum Gasteiger partial charge on any atom is -0.318 e. The highest BCUT2D eigenvalue weighted by atomic mass is 16.2. The van der Waals surface area contributed by atoms with Crippen LogP contribution in [0.15, 0.2) is 130 Å². The number of hydrogen-bond donors (Lipinski definition) is 6. The van der Waals surface area contributed by atoms with Crippen LogP contribution in [0.5, 0.6) is 0 Å². The number of carbonyl (C=O) groups is 12. The van der Waals surface area contributed by atoms with Crippen LogP contribution in [0.2, 0.25) is 0 Å². The molecule has 6 aliphatic carbocycles. The van der Waals surface area contributed by atoms with Crippen molar-refractivity contribution >= 4 is 69.4 Å². The van der Waals surface area contributed by atoms with Crippen molar-refractivity contribution in [1.82, 2.24) is 57.3 Å². The summed E-state index contributed by atoms with van der Waals surface area (Å²) in [7, 11) is 1.46. The average Bonchev–Trinajstić information content (AvgIpc) is 0.725. The van der Waals surface area contributed by atoms with Gasteiger partial charge in [-0.15, -0.1) is 0 Å². The number of carbonyl (C=O) groups excluding carboxylic acids is 12. The normalized spacial score (nSPS) is 13.3. The van der Waals surface area contributed by atoms with Crippen molar-refractivity contribution in [2.75, 3.05) is 0 Å². The van der Waals surface area contributed by atoms with E-state index in [0.29, 0.717) is 112 Å². The SMILES string of the molecule is CCc1cc(=O)[nH]c2c1C(=O)c1c(CC)cc(=O)n(C)c1C2=O.Cc1cc(=O)[nH]c2c1C(=O)c1c(C)cc(=O)n(C(C)(C)C)c1C2=O.Cc1cc(=O)[nH]c2c1C(=O)c1c(C)cc(=O)n(C(C)C)c1C2=O.Cc1cc(=O)[nH]c2c1C(=O)c1c(C)cc(=O)n(CC(C)(C)C)c1C2=O.Cc1cc(=O)[nH]c2c1C(=O)c1c(C)cc(=O)n(CC(C)C)c1C2=O.Cc1cc(=O)[nH]c2c1C(=O)c1c(C)cc(=O)n(CCC(C)C)c1C2=O. The summed E-state index contributed by atoms with van der Waals surface area (Å²) in [5.74, 6) is -4.46. The molecule has 0 atom stereocenters. The summed E-state index contributed by atoms with van der Waals surface area (Å²) in [6, 6.07) is 15.9. The van der Waals surface area contributed by atoms with Crippen molar-refractivity contribution in [2.45, 2.75) is 217 Å². The molecule has 6 aliphatic rings. The predicted octanol–water partition coefficient (Wildman–Crippen LogP) is 9.70. The third-order valence-corrected chi connectivity index (χ3v) is 25.7. The van der Waals surface area contributed by atoms with Gasteiger partial charge >= 0.3 is 0 Å². The predicted molar refractivity (Wildman–Crippen MR) is 534 cm³/mol. The molecule has 36 heteroatoms. The molecule has 0 spiro atoms. The van der Waals surface area contributed by atoms with E-state index in [1.807, 2.05) is 62.3 Å². The monoisotopic (exact) mass is 1960 g/mol. The van der Waals surface area contributed by atoms with E-state index >= 15 is 0 Å². The zero-order chi connectivity index (χ0) is 107. The van der Waals surface area contributed by atoms with Crippen LogP contribution in [0.1, 0.15) is 369 Å². The fourth-order valence-corrected chi connectivity index (χ4v) is 19.4. The first-order valence-electron chi connectivity index (χ1n) is 46.6. The molecule has 144 heavy (non-hydrogen) atoms. The molecule has 0 bridgehead atoms. The van der Waals surface area contributed by atoms with E-state index < -0.39 is 73.6 Å². The Morgan fingerprint density at radius 1 is 0.264 bits per heavy atom. The van der Waals surface area contributed by atoms with Crippen molar-refractivity contribution in [2.24, 2.45) is 24.3 Å². The zero-order valence-corrected chi connectivity index (χ0v) is 84.4. The van der Waals surface area contributed by atoms with Crippen molar-refractivity contribution in [3.8, 4) is 0 Å². The van der Waals surface area contributed by atoms with Gasteiger partial charge < -0.3 is 52.7 Å². The first-order valence-corrected chi connectivity index (χ1v) is 46.6. The summed E-state index contributed by atoms with van der Waals surface area (Å²) in [5.41, 5.74) is 3.15. The molecule has 0 aromatic carbocycles. The largest absolute Gasteiger partial charge is 0.318 e. The number of nitrogens with zero attached hydrogens (tertiary/aromatic N) is 6. The lowest BCUT2D eigenvalue weighted by molar-refractivity contribution is 0.0960. The van der Waals surface area contributed by atoms with E-state index in [2.05, 4.69) is 29.9 Å². The highest BCUT2D eigenvalue weighted by Crippen LogP contribution is 2.38. The molecule has 6 N–H and O–H groups in total. The van der Waals surface area contributed by atoms with Crippen LogP contribution in [0, 0.1) is 86.5 Å². The van der Waals surface area contributed by atoms with Crippen LogP contribution in [0.25, 0.3) is 0 Å². The fraction of sp³-hybridized carbons (Fsp3) is 0.333. The number of nitrogens with one attached hydrogen (secondary N) is 6. The van der Waals surface area contributed by atoms with Gasteiger partial charge in [0.15, 0.2) is 34.7 Å². The van der Waals surface area contributed by atoms with Crippen LogP contribution in [0.4, 0.5) is 0 Å². The van der Waals surface area contributed by atoms with E-state index in [1.165, 1.54) is 107 Å². The molecule has 12 heterocycles. The molecule has 18 rings (SSSR count). The molecule has 36 nitrogen and oxygen atoms in total. The highest BCUT2D eigenvalue weighted by Gasteiger charge is 2.45. The maximum atomic E-state index is 13.1. The smallest absolute Gasteiger partial charge is 0.251 e. The lowest BCUT2D eigenvalue weighted by atomic mass is 9.84. The lowest BCUT2D eigenvalue weighted by Crippen LogP contribution is -2.42. The number of fused-ring (bicyclic) bond motifs is 12. The second kappa shape index (κ2) is 38.8. The zero-order valence-electron chi connectivity index (χ0n) is 84.4. The maximum absolute atomic E-state index is 13.1. The van der Waals surface area contributed by atoms with E-state index in [1.54, 1.807) is 104 Å². The van der Waals surface area contributed by atoms with Gasteiger partial charge in [0.1, 0.15) is 68.3 Å². The second-order valence-corrected chi connectivity index (χ2v) is 40.1. The van der Waals surface area contributed by atoms with E-state index in [0.717, 1.165) is 0 Å². The Bertz CT molecular complexity index is 8660. The highest BCUT2D eigenvalue weighted by molar-refractivity contribution is 6.32. The lowest BCUT2D eigenvalue weighted by Gasteiger charge is -2.30. The molecule has 0 saturated carbocycles. The number of aromatic nitrogens is 12. The molecule has 744 valence electrons. The molecule has 0 unspecified atom stereocenters. The summed E-state index contributed by atoms with van der Waals surface area (Å²) in [5, 5.41) is 0. The Kier molecular flexibility index (Phi) is 28.2. The Morgan fingerprint density at radius 3 is 0.875 bits per heavy atom. The molecule has 0 amide bonds. The van der Waals surface area contributed by atoms with E-state index in [9.17, 15) is 115 Å². The number of hydrogen-bond acceptors (Lipinski definition) is 24. The summed E-state index contributed by atoms with van der Waals surface area (Å²) in [4.78, 5) is 315. The van der Waals surface area contributed by atoms with Crippen LogP contribution in [-0.4, -0.2) is 127 Å². The van der Waals surface area contributed by atoms with Crippen LogP contribution >= 0.6 is 0 Å². The second-order valence-electron chi connectivity index (χ2n) is 40.1. The van der Waals surface area contributed by atoms with Crippen LogP contribution < -0.4 is 66.7 Å². The number of aromatic amines is 6. The Labute approximate surface area is 819 Å². The third-order valence-electron chi connectivity index (χ3n) is 25.7. The van der Waals surface area contributed by atoms with Gasteiger partial charge in [-0.2, -0.15) is 0 Å². The van der Waals surface area contributed by atoms with E-state index in [4.69, 9.17) is 0 Å². The van der Waals surface area contributed by atoms with Gasteiger partial charge in [0.25, 0.3) is 33.4 Å². The van der Waals surface area contributed by atoms with Crippen molar-refractivity contribution < 1.29 is 57.5 Å². The van der Waals surface area contributed by atoms with Crippen LogP contribution in [0.3, 0.4) is 0 Å². The molecule has 0 saturated heterocycles. The molecule has 0 aliphatic heterocycles. The van der Waals surface area contributed by atoms with Gasteiger partial charge in [-0.1, -0.05) is 62.3 Å². The number of pyridine rings is 12. The average molecular weight is 1960 g/mol. The minimum atomic E-state index is -0.688. The maximum Gasteiger partial charge on any atom is 0.251 e. The minimum absolute atomic E-state index is 0.0184. The van der Waals surface area contributed by atoms with Crippen molar-refractivity contribution in [3.05, 3.63) is 399 Å². The number of ketones is 12. The Hall–Kier alpha value is -16.6. The summed E-state index contributed by atoms with van der Waals surface area (Å²) in [6.45, 7) is 43.6. The van der Waals surface area contributed by atoms with E-state index in [-0.39, 0.29) is 221 Å². The Balaban J connectivity index is 0.000000145. The van der Waals surface area contributed by atoms with Crippen molar-refractivity contribution in [1.29, 1.82) is 0 Å². The topological polar surface area (TPSA) is 534 Å². The number of H-pyrrole nitrogens is 6. The third kappa shape index (κ3) is 18.6. The van der Waals surface area contributed by atoms with Gasteiger partial charge in [-0.25, -0.2) is 0 Å². The standard InChI is InChI=1S/2C19H20N2O4.2C18H18N2O4.2C17H16N2O4/c1-9-6-11(22)20-15-13(9)17(24)14-10(2)7-12(23)21(8-19(3,4)5)16(14)18(15)25;1-9(2)5-6-21-13(23)8-11(4)15-17(21)19(25)16-14(18(15)24)10(3)7-12(22)20-16;1-8-6-10(21)19-14-12(8)16(23)13-9(2)7-11(22)20(18(3,4)5)15(13)17(14)24;1-8(2)7-20-12(22)6-10(4)14-16(20)18(24)15-13(17(14)23)9(3)5-11(21)19-15;1-7(2)19-11(21)6-9(4)13-15(19)17(23)14-12(16(13)22)8(3)5-10(20)18-14;1-4-8-6-10(20)18-14-12(8)16(22)13-9(5-2)7-11(21)19(3)15(13)17(14)23/h6-7H,8H2,1-5H3,(H,20,22);7-9H,5-6H2,1-4H3,(H,20,22);6-7H,1-5H3,(H,19,21);5-6,8H,7H2,1-4H3,(H,19,21);5-7H,1-4H3,(H,18,20);6-7H,4-5H2,1-3H3,(H,18,20). The molecule has 0 radical (unpaired) electrons. The number of aryl methyl sites for hydroxylation is 12. The van der Waals surface area contributed by atoms with Gasteiger partial charge in [0, 0.05) is 111 Å². The summed E-state index contributed by atoms with van der Waals surface area (Å²) < 4.78 is 7.88. The van der Waals surface area contributed by atoms with Gasteiger partial charge in [-0.3, -0.25) is 120 Å². The fourth-order valence-electron chi connectivity index (χ4n) is 19.4. The molecular weight excluding hydrogens is 1850 g/mol. The van der Waals surface area contributed by atoms with Gasteiger partial charge in [-0.05, 0) is 207 Å². The quantitative estimate of drug-likeness (QED) is 0.0782. The molecular formula is C108H108N12O24. The Morgan fingerprint density at radius 2 is 0.535 bits per heavy atom. The molecule has 12 aromatic heterocycles. The molecule has 12 aromatic rings. The van der Waals surface area contributed by atoms with Crippen LogP contribution in [-0.2, 0) is 45.1 Å². The summed E-state index contributed by atoms with van der Waals surface area (Å²) in [6.07, 6.45) is 1.64. The summed E-state index contributed by atoms with van der Waals surface area (Å²) >= 11 is 0. The first-order chi connectivity index (χ1) is 67.1. The van der Waals surface area contributed by atoms with Gasteiger partial charge in [0.05, 0.1) is 66.8 Å². The van der Waals surface area contributed by atoms with Crippen molar-refractivity contribution in [3.63, 3.8) is 0 Å².